The predicted molar refractivity (Wildman–Crippen MR) is 136 cm³/mol. The Hall–Kier alpha value is -3.93. The number of carbonyl (C=O) groups excluding carboxylic acids is 3. The van der Waals surface area contributed by atoms with Crippen molar-refractivity contribution in [3.63, 3.8) is 0 Å². The third-order valence-electron chi connectivity index (χ3n) is 5.05. The minimum atomic E-state index is -0.615. The lowest BCUT2D eigenvalue weighted by molar-refractivity contribution is -0.135. The van der Waals surface area contributed by atoms with E-state index >= 15 is 0 Å². The van der Waals surface area contributed by atoms with Crippen LogP contribution in [0.1, 0.15) is 65.0 Å². The molecule has 184 valence electrons. The topological polar surface area (TPSA) is 78.9 Å². The molecule has 0 aliphatic carbocycles. The molecule has 0 amide bonds. The van der Waals surface area contributed by atoms with Crippen LogP contribution in [0.4, 0.5) is 0 Å². The largest absolute Gasteiger partial charge is 0.423 e. The first kappa shape index (κ1) is 27.3. The molecule has 2 rings (SSSR count). The Kier molecular flexibility index (Phi) is 9.76. The van der Waals surface area contributed by atoms with E-state index in [0.29, 0.717) is 11.3 Å². The molecule has 0 spiro atoms. The molecule has 0 atom stereocenters. The average molecular weight is 477 g/mol. The van der Waals surface area contributed by atoms with Crippen LogP contribution in [0.3, 0.4) is 0 Å². The fraction of sp³-hybridized carbons (Fsp3) is 0.276. The maximum absolute atomic E-state index is 12.3. The van der Waals surface area contributed by atoms with E-state index < -0.39 is 17.9 Å². The molecule has 6 heteroatoms. The molecule has 0 bridgehead atoms. The van der Waals surface area contributed by atoms with Crippen LogP contribution >= 0.6 is 0 Å². The summed E-state index contributed by atoms with van der Waals surface area (Å²) in [7, 11) is 0. The Balaban J connectivity index is 2.57. The number of hydrogen-bond acceptors (Lipinski definition) is 6. The fourth-order valence-electron chi connectivity index (χ4n) is 3.25. The highest BCUT2D eigenvalue weighted by atomic mass is 16.6. The summed E-state index contributed by atoms with van der Waals surface area (Å²) in [4.78, 5) is 36.0. The number of rotatable bonds is 10. The molecule has 0 N–H and O–H groups in total. The van der Waals surface area contributed by atoms with Crippen molar-refractivity contribution in [2.24, 2.45) is 0 Å². The van der Waals surface area contributed by atoms with Gasteiger partial charge in [-0.15, -0.1) is 0 Å². The summed E-state index contributed by atoms with van der Waals surface area (Å²) < 4.78 is 16.2. The molecule has 0 unspecified atom stereocenters. The SMILES string of the molecule is C=C(C)C(=O)Oc1ccc(/C(=C(\C)CCC)c2ccc(OC(=O)CC)c(OC(=O)C(=C)C)c2)cc1. The average Bonchev–Trinajstić information content (AvgIpc) is 2.81. The van der Waals surface area contributed by atoms with Crippen molar-refractivity contribution in [3.05, 3.63) is 83.5 Å². The van der Waals surface area contributed by atoms with Crippen LogP contribution in [0.5, 0.6) is 17.2 Å². The summed E-state index contributed by atoms with van der Waals surface area (Å²) in [5.74, 6) is -0.849. The van der Waals surface area contributed by atoms with Gasteiger partial charge in [-0.05, 0) is 68.2 Å². The molecule has 0 fully saturated rings. The normalized spacial score (nSPS) is 11.2. The Morgan fingerprint density at radius 3 is 1.86 bits per heavy atom. The molecular weight excluding hydrogens is 444 g/mol. The predicted octanol–water partition coefficient (Wildman–Crippen LogP) is 6.59. The van der Waals surface area contributed by atoms with Gasteiger partial charge in [-0.1, -0.05) is 57.2 Å². The van der Waals surface area contributed by atoms with Crippen LogP contribution in [-0.4, -0.2) is 17.9 Å². The lowest BCUT2D eigenvalue weighted by Crippen LogP contribution is -2.12. The number of benzene rings is 2. The molecule has 0 saturated heterocycles. The van der Waals surface area contributed by atoms with Crippen molar-refractivity contribution in [3.8, 4) is 17.2 Å². The zero-order valence-corrected chi connectivity index (χ0v) is 21.0. The maximum atomic E-state index is 12.3. The molecule has 6 nitrogen and oxygen atoms in total. The molecular formula is C29H32O6. The monoisotopic (exact) mass is 476 g/mol. The minimum Gasteiger partial charge on any atom is -0.423 e. The standard InChI is InChI=1S/C29H32O6/c1-8-10-20(7)27(21-11-14-23(15-12-21)33-28(31)18(3)4)22-13-16-24(34-26(30)9-2)25(17-22)35-29(32)19(5)6/h11-17H,3,5,8-10H2,1-2,4,6-7H3/b27-20-. The summed E-state index contributed by atoms with van der Waals surface area (Å²) in [5.41, 5.74) is 4.26. The third-order valence-corrected chi connectivity index (χ3v) is 5.05. The first-order valence-corrected chi connectivity index (χ1v) is 11.5. The molecule has 0 aliphatic heterocycles. The lowest BCUT2D eigenvalue weighted by Gasteiger charge is -2.17. The first-order chi connectivity index (χ1) is 16.6. The van der Waals surface area contributed by atoms with Crippen LogP contribution in [-0.2, 0) is 14.4 Å². The molecule has 35 heavy (non-hydrogen) atoms. The molecule has 0 aliphatic rings. The number of carbonyl (C=O) groups is 3. The van der Waals surface area contributed by atoms with Gasteiger partial charge in [-0.3, -0.25) is 4.79 Å². The van der Waals surface area contributed by atoms with E-state index in [4.69, 9.17) is 14.2 Å². The summed E-state index contributed by atoms with van der Waals surface area (Å²) in [6.07, 6.45) is 1.96. The van der Waals surface area contributed by atoms with E-state index in [9.17, 15) is 14.4 Å². The quantitative estimate of drug-likeness (QED) is 0.219. The highest BCUT2D eigenvalue weighted by Crippen LogP contribution is 2.36. The second kappa shape index (κ2) is 12.5. The van der Waals surface area contributed by atoms with Crippen LogP contribution < -0.4 is 14.2 Å². The maximum Gasteiger partial charge on any atom is 0.338 e. The van der Waals surface area contributed by atoms with E-state index in [-0.39, 0.29) is 23.5 Å². The Morgan fingerprint density at radius 2 is 1.31 bits per heavy atom. The van der Waals surface area contributed by atoms with Crippen LogP contribution in [0.15, 0.2) is 72.3 Å². The van der Waals surface area contributed by atoms with Gasteiger partial charge in [0.15, 0.2) is 11.5 Å². The second-order valence-electron chi connectivity index (χ2n) is 8.26. The summed E-state index contributed by atoms with van der Waals surface area (Å²) >= 11 is 0. The molecule has 0 aromatic heterocycles. The van der Waals surface area contributed by atoms with Gasteiger partial charge < -0.3 is 14.2 Å². The molecule has 0 radical (unpaired) electrons. The van der Waals surface area contributed by atoms with Gasteiger partial charge in [0.1, 0.15) is 5.75 Å². The first-order valence-electron chi connectivity index (χ1n) is 11.5. The smallest absolute Gasteiger partial charge is 0.338 e. The van der Waals surface area contributed by atoms with Crippen LogP contribution in [0.2, 0.25) is 0 Å². The fourth-order valence-corrected chi connectivity index (χ4v) is 3.25. The molecule has 2 aromatic carbocycles. The van der Waals surface area contributed by atoms with Crippen molar-refractivity contribution >= 4 is 23.5 Å². The molecule has 2 aromatic rings. The molecule has 0 saturated carbocycles. The van der Waals surface area contributed by atoms with Gasteiger partial charge in [-0.25, -0.2) is 9.59 Å². The Bertz CT molecular complexity index is 1170. The van der Waals surface area contributed by atoms with Gasteiger partial charge >= 0.3 is 17.9 Å². The van der Waals surface area contributed by atoms with E-state index in [1.54, 1.807) is 45.0 Å². The zero-order chi connectivity index (χ0) is 26.1. The van der Waals surface area contributed by atoms with E-state index in [1.807, 2.05) is 25.1 Å². The van der Waals surface area contributed by atoms with Crippen LogP contribution in [0.25, 0.3) is 5.57 Å². The van der Waals surface area contributed by atoms with Crippen molar-refractivity contribution in [2.75, 3.05) is 0 Å². The number of esters is 3. The number of hydrogen-bond donors (Lipinski definition) is 0. The van der Waals surface area contributed by atoms with Crippen molar-refractivity contribution < 1.29 is 28.6 Å². The third kappa shape index (κ3) is 7.54. The summed E-state index contributed by atoms with van der Waals surface area (Å²) in [6, 6.07) is 12.3. The van der Waals surface area contributed by atoms with Gasteiger partial charge in [0, 0.05) is 17.6 Å². The summed E-state index contributed by atoms with van der Waals surface area (Å²) in [5, 5.41) is 0. The highest BCUT2D eigenvalue weighted by Gasteiger charge is 2.18. The van der Waals surface area contributed by atoms with Gasteiger partial charge in [0.2, 0.25) is 0 Å². The minimum absolute atomic E-state index is 0.131. The van der Waals surface area contributed by atoms with Gasteiger partial charge in [0.05, 0.1) is 0 Å². The van der Waals surface area contributed by atoms with Gasteiger partial charge in [0.25, 0.3) is 0 Å². The Labute approximate surface area is 206 Å². The second-order valence-corrected chi connectivity index (χ2v) is 8.26. The number of allylic oxidation sites excluding steroid dienone is 1. The highest BCUT2D eigenvalue weighted by molar-refractivity contribution is 5.90. The number of ether oxygens (including phenoxy) is 3. The van der Waals surface area contributed by atoms with Gasteiger partial charge in [-0.2, -0.15) is 0 Å². The lowest BCUT2D eigenvalue weighted by atomic mass is 9.91. The van der Waals surface area contributed by atoms with E-state index in [2.05, 4.69) is 20.1 Å². The van der Waals surface area contributed by atoms with Crippen molar-refractivity contribution in [1.82, 2.24) is 0 Å². The Morgan fingerprint density at radius 1 is 0.743 bits per heavy atom. The van der Waals surface area contributed by atoms with Crippen LogP contribution in [0, 0.1) is 0 Å². The summed E-state index contributed by atoms with van der Waals surface area (Å²) in [6.45, 7) is 16.2. The van der Waals surface area contributed by atoms with Crippen molar-refractivity contribution in [2.45, 2.75) is 53.9 Å². The zero-order valence-electron chi connectivity index (χ0n) is 21.0. The van der Waals surface area contributed by atoms with Crippen molar-refractivity contribution in [1.29, 1.82) is 0 Å². The van der Waals surface area contributed by atoms with E-state index in [0.717, 1.165) is 35.1 Å². The van der Waals surface area contributed by atoms with E-state index in [1.165, 1.54) is 0 Å². The molecule has 0 heterocycles.